The molecule has 0 radical (unpaired) electrons. The maximum Gasteiger partial charge on any atom is 0.305 e. The van der Waals surface area contributed by atoms with Crippen LogP contribution in [0.3, 0.4) is 0 Å². The molecule has 0 aromatic rings. The van der Waals surface area contributed by atoms with Gasteiger partial charge in [0.25, 0.3) is 0 Å². The van der Waals surface area contributed by atoms with Crippen LogP contribution in [0.15, 0.2) is 0 Å². The number of carbonyl (C=O) groups excluding carboxylic acids is 1. The van der Waals surface area contributed by atoms with Crippen LogP contribution in [-0.4, -0.2) is 46.6 Å². The Hall–Kier alpha value is -0.850. The van der Waals surface area contributed by atoms with E-state index in [-0.39, 0.29) is 30.0 Å². The quantitative estimate of drug-likeness (QED) is 0.0640. The zero-order valence-electron chi connectivity index (χ0n) is 28.7. The lowest BCUT2D eigenvalue weighted by Crippen LogP contribution is -2.42. The van der Waals surface area contributed by atoms with Crippen LogP contribution in [0.2, 0.25) is 0 Å². The van der Waals surface area contributed by atoms with Gasteiger partial charge in [0, 0.05) is 19.3 Å². The molecular weight excluding hydrogens is 532 g/mol. The molecule has 1 saturated carbocycles. The first kappa shape index (κ1) is 40.1. The van der Waals surface area contributed by atoms with E-state index in [1.807, 2.05) is 90.0 Å². The molecule has 0 aliphatic heterocycles. The third-order valence-corrected chi connectivity index (χ3v) is 4.98. The molecule has 41 heavy (non-hydrogen) atoms. The van der Waals surface area contributed by atoms with Crippen molar-refractivity contribution in [3.63, 3.8) is 0 Å². The highest BCUT2D eigenvalue weighted by Crippen LogP contribution is 2.35. The van der Waals surface area contributed by atoms with Gasteiger partial charge in [0.1, 0.15) is 0 Å². The summed E-state index contributed by atoms with van der Waals surface area (Å²) in [7, 11) is 0. The summed E-state index contributed by atoms with van der Waals surface area (Å²) in [5, 5.41) is 0. The third kappa shape index (κ3) is 23.3. The second-order valence-corrected chi connectivity index (χ2v) is 14.8. The average molecular weight is 595 g/mol. The van der Waals surface area contributed by atoms with E-state index < -0.39 is 22.8 Å². The third-order valence-electron chi connectivity index (χ3n) is 4.98. The minimum atomic E-state index is -1.20. The van der Waals surface area contributed by atoms with Crippen LogP contribution < -0.4 is 0 Å². The van der Waals surface area contributed by atoms with Crippen LogP contribution in [0.25, 0.3) is 0 Å². The van der Waals surface area contributed by atoms with Crippen LogP contribution in [-0.2, 0) is 48.6 Å². The molecule has 10 nitrogen and oxygen atoms in total. The highest BCUT2D eigenvalue weighted by atomic mass is 17.3. The van der Waals surface area contributed by atoms with Gasteiger partial charge in [-0.15, -0.1) is 0 Å². The lowest BCUT2D eigenvalue weighted by molar-refractivity contribution is -0.545. The fraction of sp³-hybridized carbons (Fsp3) is 0.968. The molecule has 0 aromatic carbocycles. The van der Waals surface area contributed by atoms with Gasteiger partial charge in [0.15, 0.2) is 0 Å². The highest BCUT2D eigenvalue weighted by molar-refractivity contribution is 5.69. The maximum atomic E-state index is 11.8. The Kier molecular flexibility index (Phi) is 17.1. The predicted molar refractivity (Wildman–Crippen MR) is 157 cm³/mol. The van der Waals surface area contributed by atoms with Crippen LogP contribution in [0.5, 0.6) is 0 Å². The van der Waals surface area contributed by atoms with Crippen molar-refractivity contribution in [2.45, 2.75) is 189 Å². The van der Waals surface area contributed by atoms with Gasteiger partial charge in [-0.3, -0.25) is 4.79 Å². The van der Waals surface area contributed by atoms with E-state index in [4.69, 9.17) is 43.8 Å². The molecule has 1 aliphatic rings. The molecule has 0 heterocycles. The lowest BCUT2D eigenvalue weighted by Gasteiger charge is -2.37. The molecule has 1 fully saturated rings. The first-order chi connectivity index (χ1) is 18.5. The molecule has 0 spiro atoms. The van der Waals surface area contributed by atoms with Crippen molar-refractivity contribution in [2.24, 2.45) is 0 Å². The number of hydrogen-bond acceptors (Lipinski definition) is 10. The topological polar surface area (TPSA) is 100 Å². The van der Waals surface area contributed by atoms with Crippen LogP contribution in [0.1, 0.15) is 155 Å². The van der Waals surface area contributed by atoms with Gasteiger partial charge in [-0.2, -0.15) is 19.6 Å². The molecule has 0 amide bonds. The van der Waals surface area contributed by atoms with Gasteiger partial charge in [-0.05, 0) is 109 Å². The summed E-state index contributed by atoms with van der Waals surface area (Å²) in [6.07, 6.45) is 7.21. The Balaban J connectivity index is 0.000000802. The van der Waals surface area contributed by atoms with Crippen molar-refractivity contribution in [1.29, 1.82) is 0 Å². The van der Waals surface area contributed by atoms with Gasteiger partial charge in [0.05, 0.1) is 35.4 Å². The molecule has 1 aliphatic carbocycles. The van der Waals surface area contributed by atoms with E-state index in [9.17, 15) is 4.79 Å². The van der Waals surface area contributed by atoms with Crippen molar-refractivity contribution in [3.8, 4) is 0 Å². The smallest absolute Gasteiger partial charge is 0.305 e. The van der Waals surface area contributed by atoms with E-state index in [1.54, 1.807) is 6.92 Å². The Morgan fingerprint density at radius 2 is 1.02 bits per heavy atom. The summed E-state index contributed by atoms with van der Waals surface area (Å²) in [5.41, 5.74) is -1.72. The molecule has 0 aromatic heterocycles. The molecule has 0 bridgehead atoms. The van der Waals surface area contributed by atoms with Crippen molar-refractivity contribution in [2.75, 3.05) is 6.61 Å². The van der Waals surface area contributed by atoms with Gasteiger partial charge in [-0.1, -0.05) is 19.8 Å². The van der Waals surface area contributed by atoms with Gasteiger partial charge >= 0.3 is 5.97 Å². The summed E-state index contributed by atoms with van der Waals surface area (Å²) >= 11 is 0. The van der Waals surface area contributed by atoms with Crippen molar-refractivity contribution < 1.29 is 48.6 Å². The average Bonchev–Trinajstić information content (AvgIpc) is 2.83. The normalized spacial score (nSPS) is 16.6. The zero-order valence-corrected chi connectivity index (χ0v) is 28.7. The van der Waals surface area contributed by atoms with Crippen molar-refractivity contribution >= 4 is 5.97 Å². The van der Waals surface area contributed by atoms with E-state index in [1.165, 1.54) is 6.42 Å². The number of esters is 1. The number of ether oxygens (including phenoxy) is 1. The van der Waals surface area contributed by atoms with Crippen molar-refractivity contribution in [3.05, 3.63) is 0 Å². The molecule has 246 valence electrons. The number of carbonyl (C=O) groups is 1. The minimum Gasteiger partial charge on any atom is -0.466 e. The molecule has 0 unspecified atom stereocenters. The molecule has 0 atom stereocenters. The largest absolute Gasteiger partial charge is 0.466 e. The molecular formula is C31H62O10. The zero-order chi connectivity index (χ0) is 32.0. The number of rotatable bonds is 14. The number of unbranched alkanes of at least 4 members (excludes halogenated alkanes) is 1. The summed E-state index contributed by atoms with van der Waals surface area (Å²) < 4.78 is 5.14. The minimum absolute atomic E-state index is 0.154. The Morgan fingerprint density at radius 1 is 0.610 bits per heavy atom. The summed E-state index contributed by atoms with van der Waals surface area (Å²) in [6.45, 7) is 27.0. The Labute approximate surface area is 250 Å². The van der Waals surface area contributed by atoms with E-state index in [0.29, 0.717) is 6.61 Å². The van der Waals surface area contributed by atoms with Gasteiger partial charge in [0.2, 0.25) is 11.6 Å². The van der Waals surface area contributed by atoms with E-state index >= 15 is 0 Å². The van der Waals surface area contributed by atoms with Gasteiger partial charge in [-0.25, -0.2) is 19.6 Å². The molecule has 0 N–H and O–H groups in total. The predicted octanol–water partition coefficient (Wildman–Crippen LogP) is 8.46. The monoisotopic (exact) mass is 594 g/mol. The first-order valence-electron chi connectivity index (χ1n) is 15.1. The van der Waals surface area contributed by atoms with Crippen LogP contribution in [0.4, 0.5) is 0 Å². The van der Waals surface area contributed by atoms with Crippen LogP contribution >= 0.6 is 0 Å². The lowest BCUT2D eigenvalue weighted by atomic mass is 9.94. The summed E-state index contributed by atoms with van der Waals surface area (Å²) in [4.78, 5) is 55.3. The summed E-state index contributed by atoms with van der Waals surface area (Å²) in [5.74, 6) is -2.24. The maximum absolute atomic E-state index is 11.8. The van der Waals surface area contributed by atoms with Crippen molar-refractivity contribution in [1.82, 2.24) is 0 Å². The SMILES string of the molecule is CC(C)(C)OOC1(OOC(C)(C)C)CCCCC1.CCCCOC(=O)CCC(C)(OOC(C)(C)C)OOC(C)(C)C. The standard InChI is InChI=1S/C17H34O6.C14H28O4/c1-9-10-13-19-14(18)11-12-17(8,22-20-15(2,3)4)23-21-16(5,6)7;1-12(2,3)15-17-14(10-8-7-9-11-14)18-16-13(4,5)6/h9-13H2,1-8H3;7-11H2,1-6H3. The van der Waals surface area contributed by atoms with E-state index in [2.05, 4.69) is 0 Å². The second kappa shape index (κ2) is 17.4. The Morgan fingerprint density at radius 3 is 1.39 bits per heavy atom. The van der Waals surface area contributed by atoms with Gasteiger partial charge < -0.3 is 4.74 Å². The fourth-order valence-electron chi connectivity index (χ4n) is 2.93. The van der Waals surface area contributed by atoms with Crippen LogP contribution in [0, 0.1) is 0 Å². The molecule has 0 saturated heterocycles. The summed E-state index contributed by atoms with van der Waals surface area (Å²) in [6, 6.07) is 0. The van der Waals surface area contributed by atoms with E-state index in [0.717, 1.165) is 38.5 Å². The Bertz CT molecular complexity index is 666. The molecule has 1 rings (SSSR count). The first-order valence-corrected chi connectivity index (χ1v) is 15.1. The molecule has 10 heteroatoms. The highest BCUT2D eigenvalue weighted by Gasteiger charge is 2.40. The number of hydrogen-bond donors (Lipinski definition) is 0. The second-order valence-electron chi connectivity index (χ2n) is 14.8. The fourth-order valence-corrected chi connectivity index (χ4v) is 2.93.